The minimum absolute atomic E-state index is 0.00153. The molecule has 0 saturated heterocycles. The molecular formula is C38H34Cl2N2O10S. The number of benzene rings is 2. The largest absolute Gasteiger partial charge is 0.493 e. The molecule has 4 aromatic rings. The molecule has 276 valence electrons. The monoisotopic (exact) mass is 780 g/mol. The molecule has 2 aromatic carbocycles. The number of furan rings is 1. The number of ether oxygens (including phenoxy) is 5. The predicted molar refractivity (Wildman–Crippen MR) is 196 cm³/mol. The molecule has 0 spiro atoms. The minimum atomic E-state index is -0.966. The van der Waals surface area contributed by atoms with E-state index in [0.717, 1.165) is 11.3 Å². The highest BCUT2D eigenvalue weighted by atomic mass is 35.5. The number of esters is 3. The normalized spacial score (nSPS) is 18.7. The van der Waals surface area contributed by atoms with E-state index in [1.807, 2.05) is 13.8 Å². The number of nitrogens with zero attached hydrogens (tertiary/aromatic N) is 2. The Morgan fingerprint density at radius 2 is 1.68 bits per heavy atom. The van der Waals surface area contributed by atoms with Crippen molar-refractivity contribution in [1.82, 2.24) is 4.57 Å². The maximum atomic E-state index is 14.2. The summed E-state index contributed by atoms with van der Waals surface area (Å²) in [5, 5.41) is 0. The Morgan fingerprint density at radius 3 is 2.34 bits per heavy atom. The van der Waals surface area contributed by atoms with Crippen molar-refractivity contribution in [3.8, 4) is 23.0 Å². The summed E-state index contributed by atoms with van der Waals surface area (Å²) in [6.45, 7) is 7.32. The van der Waals surface area contributed by atoms with E-state index < -0.39 is 35.4 Å². The Balaban J connectivity index is 1.36. The molecule has 12 nitrogen and oxygen atoms in total. The van der Waals surface area contributed by atoms with E-state index >= 15 is 0 Å². The van der Waals surface area contributed by atoms with E-state index in [1.54, 1.807) is 62.4 Å². The van der Waals surface area contributed by atoms with Gasteiger partial charge >= 0.3 is 17.9 Å². The second-order valence-corrected chi connectivity index (χ2v) is 14.7. The van der Waals surface area contributed by atoms with E-state index in [0.29, 0.717) is 26.2 Å². The van der Waals surface area contributed by atoms with Gasteiger partial charge in [-0.25, -0.2) is 14.6 Å². The van der Waals surface area contributed by atoms with Crippen molar-refractivity contribution in [3.05, 3.63) is 113 Å². The van der Waals surface area contributed by atoms with E-state index in [-0.39, 0.29) is 56.8 Å². The highest BCUT2D eigenvalue weighted by Crippen LogP contribution is 2.60. The lowest BCUT2D eigenvalue weighted by molar-refractivity contribution is -0.139. The summed E-state index contributed by atoms with van der Waals surface area (Å²) in [6.07, 6.45) is 4.65. The Labute approximate surface area is 317 Å². The third-order valence-corrected chi connectivity index (χ3v) is 10.3. The van der Waals surface area contributed by atoms with Crippen molar-refractivity contribution in [1.29, 1.82) is 0 Å². The summed E-state index contributed by atoms with van der Waals surface area (Å²) in [4.78, 5) is 58.3. The summed E-state index contributed by atoms with van der Waals surface area (Å²) in [7, 11) is 2.85. The van der Waals surface area contributed by atoms with E-state index in [2.05, 4.69) is 4.99 Å². The molecule has 0 amide bonds. The topological polar surface area (TPSA) is 145 Å². The average molecular weight is 782 g/mol. The Bertz CT molecular complexity index is 2350. The highest BCUT2D eigenvalue weighted by Gasteiger charge is 2.61. The van der Waals surface area contributed by atoms with Crippen LogP contribution in [0, 0.1) is 17.3 Å². The van der Waals surface area contributed by atoms with Crippen LogP contribution in [0.25, 0.3) is 6.08 Å². The lowest BCUT2D eigenvalue weighted by Gasteiger charge is -2.25. The quantitative estimate of drug-likeness (QED) is 0.129. The lowest BCUT2D eigenvalue weighted by atomic mass is 9.95. The first-order chi connectivity index (χ1) is 25.3. The number of thiazole rings is 1. The van der Waals surface area contributed by atoms with Crippen molar-refractivity contribution in [2.45, 2.75) is 33.7 Å². The smallest absolute Gasteiger partial charge is 0.379 e. The molecule has 1 saturated carbocycles. The van der Waals surface area contributed by atoms with Gasteiger partial charge in [0.2, 0.25) is 5.76 Å². The predicted octanol–water partition coefficient (Wildman–Crippen LogP) is 6.12. The van der Waals surface area contributed by atoms with Crippen molar-refractivity contribution >= 4 is 58.5 Å². The van der Waals surface area contributed by atoms with Gasteiger partial charge in [0.25, 0.3) is 5.56 Å². The van der Waals surface area contributed by atoms with Gasteiger partial charge in [-0.15, -0.1) is 0 Å². The number of allylic oxidation sites excluding steroid dienone is 2. The second kappa shape index (κ2) is 15.1. The number of carbonyl (C=O) groups excluding carboxylic acids is 3. The Kier molecular flexibility index (Phi) is 10.7. The summed E-state index contributed by atoms with van der Waals surface area (Å²) in [6, 6.07) is 11.7. The third kappa shape index (κ3) is 7.41. The van der Waals surface area contributed by atoms with Gasteiger partial charge in [-0.05, 0) is 84.9 Å². The van der Waals surface area contributed by atoms with Crippen LogP contribution in [0.3, 0.4) is 0 Å². The fourth-order valence-corrected chi connectivity index (χ4v) is 7.66. The average Bonchev–Trinajstić information content (AvgIpc) is 3.47. The number of aromatic nitrogens is 1. The number of fused-ring (bicyclic) bond motifs is 1. The van der Waals surface area contributed by atoms with Crippen LogP contribution in [0.1, 0.15) is 55.4 Å². The van der Waals surface area contributed by atoms with Crippen molar-refractivity contribution in [3.63, 3.8) is 0 Å². The molecule has 6 rings (SSSR count). The molecule has 3 atom stereocenters. The van der Waals surface area contributed by atoms with Gasteiger partial charge in [0.1, 0.15) is 4.49 Å². The molecule has 1 aliphatic heterocycles. The van der Waals surface area contributed by atoms with Gasteiger partial charge in [0.05, 0.1) is 54.9 Å². The van der Waals surface area contributed by atoms with Crippen LogP contribution in [0.15, 0.2) is 90.8 Å². The molecule has 3 heterocycles. The molecule has 0 radical (unpaired) electrons. The first-order valence-corrected chi connectivity index (χ1v) is 17.9. The molecule has 0 N–H and O–H groups in total. The van der Waals surface area contributed by atoms with Crippen molar-refractivity contribution < 1.29 is 42.5 Å². The Hall–Kier alpha value is -5.11. The standard InChI is InChI=1S/C38H34Cl2N2O10S/c1-7-49-35(45)30-19(2)41-37-42(32(30)21-11-13-24(27(17-21)48-6)51-34(44)25-9-8-14-50-25)33(43)28(53-37)16-20-10-12-23(26(15-20)47-5)52-36(46)31-22(18-29(39)40)38(31,3)4/h8-18,22,31-32H,7H2,1-6H3/b28-16+/t22-,31-,32-/m1/s1. The molecule has 0 bridgehead atoms. The molecular weight excluding hydrogens is 747 g/mol. The number of rotatable bonds is 11. The van der Waals surface area contributed by atoms with Crippen molar-refractivity contribution in [2.75, 3.05) is 20.8 Å². The SMILES string of the molecule is CCOC(=O)C1=C(C)N=c2s/c(=C/c3ccc(OC(=O)[C@H]4[C@@H](C=C(Cl)Cl)C4(C)C)c(OC)c3)c(=O)n2[C@@H]1c1ccc(OC(=O)c2ccco2)c(OC)c1. The molecule has 15 heteroatoms. The fraction of sp³-hybridized carbons (Fsp3) is 0.289. The number of methoxy groups -OCH3 is 2. The maximum absolute atomic E-state index is 14.2. The molecule has 53 heavy (non-hydrogen) atoms. The second-order valence-electron chi connectivity index (χ2n) is 12.7. The van der Waals surface area contributed by atoms with Gasteiger partial charge in [-0.1, -0.05) is 60.5 Å². The van der Waals surface area contributed by atoms with Gasteiger partial charge in [-0.2, -0.15) is 0 Å². The summed E-state index contributed by atoms with van der Waals surface area (Å²) < 4.78 is 34.7. The first kappa shape index (κ1) is 37.6. The lowest BCUT2D eigenvalue weighted by Crippen LogP contribution is -2.40. The summed E-state index contributed by atoms with van der Waals surface area (Å²) in [5.41, 5.74) is 0.773. The van der Waals surface area contributed by atoms with Gasteiger partial charge in [0.15, 0.2) is 27.8 Å². The molecule has 1 aliphatic carbocycles. The number of carbonyl (C=O) groups is 3. The zero-order valence-corrected chi connectivity index (χ0v) is 31.8. The first-order valence-electron chi connectivity index (χ1n) is 16.3. The molecule has 0 unspecified atom stereocenters. The Morgan fingerprint density at radius 1 is 0.981 bits per heavy atom. The van der Waals surface area contributed by atoms with Gasteiger partial charge < -0.3 is 28.1 Å². The van der Waals surface area contributed by atoms with Crippen LogP contribution in [0.5, 0.6) is 23.0 Å². The van der Waals surface area contributed by atoms with E-state index in [4.69, 9.17) is 51.3 Å². The molecule has 2 aromatic heterocycles. The molecule has 2 aliphatic rings. The van der Waals surface area contributed by atoms with E-state index in [1.165, 1.54) is 37.2 Å². The van der Waals surface area contributed by atoms with Crippen LogP contribution < -0.4 is 33.8 Å². The zero-order valence-electron chi connectivity index (χ0n) is 29.4. The van der Waals surface area contributed by atoms with Crippen LogP contribution >= 0.6 is 34.5 Å². The van der Waals surface area contributed by atoms with Gasteiger partial charge in [0, 0.05) is 0 Å². The number of halogens is 2. The van der Waals surface area contributed by atoms with Crippen molar-refractivity contribution in [2.24, 2.45) is 22.2 Å². The molecule has 1 fully saturated rings. The maximum Gasteiger partial charge on any atom is 0.379 e. The van der Waals surface area contributed by atoms with Crippen LogP contribution in [0.4, 0.5) is 0 Å². The third-order valence-electron chi connectivity index (χ3n) is 9.11. The fourth-order valence-electron chi connectivity index (χ4n) is 6.35. The van der Waals surface area contributed by atoms with Crippen LogP contribution in [0.2, 0.25) is 0 Å². The zero-order chi connectivity index (χ0) is 38.2. The van der Waals surface area contributed by atoms with Crippen LogP contribution in [-0.2, 0) is 14.3 Å². The summed E-state index contributed by atoms with van der Waals surface area (Å²) in [5.74, 6) is -1.66. The van der Waals surface area contributed by atoms with Gasteiger partial charge in [-0.3, -0.25) is 14.2 Å². The van der Waals surface area contributed by atoms with Crippen LogP contribution in [-0.4, -0.2) is 43.3 Å². The highest BCUT2D eigenvalue weighted by molar-refractivity contribution is 7.07. The van der Waals surface area contributed by atoms with E-state index in [9.17, 15) is 19.2 Å². The minimum Gasteiger partial charge on any atom is -0.493 e. The summed E-state index contributed by atoms with van der Waals surface area (Å²) >= 11 is 12.8. The number of hydrogen-bond acceptors (Lipinski definition) is 12. The number of hydrogen-bond donors (Lipinski definition) is 0.